The molecule has 1 aromatic carbocycles. The predicted octanol–water partition coefficient (Wildman–Crippen LogP) is 2.84. The zero-order valence-corrected chi connectivity index (χ0v) is 10.7. The van der Waals surface area contributed by atoms with Gasteiger partial charge >= 0.3 is 5.97 Å². The summed E-state index contributed by atoms with van der Waals surface area (Å²) in [6.45, 7) is 1.71. The van der Waals surface area contributed by atoms with E-state index in [0.717, 1.165) is 43.4 Å². The molecule has 3 rings (SSSR count). The molecule has 1 aliphatic heterocycles. The minimum absolute atomic E-state index is 0.326. The summed E-state index contributed by atoms with van der Waals surface area (Å²) in [6.07, 6.45) is 5.27. The number of benzene rings is 1. The van der Waals surface area contributed by atoms with Crippen molar-refractivity contribution in [3.8, 4) is 0 Å². The number of ether oxygens (including phenoxy) is 1. The van der Waals surface area contributed by atoms with E-state index in [4.69, 9.17) is 9.84 Å². The van der Waals surface area contributed by atoms with Crippen LogP contribution in [0, 0.1) is 5.92 Å². The van der Waals surface area contributed by atoms with Gasteiger partial charge in [0.15, 0.2) is 0 Å². The Labute approximate surface area is 111 Å². The SMILES string of the molecule is O=C(O)c1ccc2c(CC3CCOCC3)c[nH]c2c1. The summed E-state index contributed by atoms with van der Waals surface area (Å²) in [7, 11) is 0. The van der Waals surface area contributed by atoms with E-state index >= 15 is 0 Å². The largest absolute Gasteiger partial charge is 0.478 e. The van der Waals surface area contributed by atoms with Crippen molar-refractivity contribution in [2.75, 3.05) is 13.2 Å². The molecule has 1 fully saturated rings. The number of fused-ring (bicyclic) bond motifs is 1. The van der Waals surface area contributed by atoms with Gasteiger partial charge in [0, 0.05) is 30.3 Å². The van der Waals surface area contributed by atoms with Crippen molar-refractivity contribution in [2.45, 2.75) is 19.3 Å². The second-order valence-electron chi connectivity index (χ2n) is 5.14. The van der Waals surface area contributed by atoms with Crippen molar-refractivity contribution >= 4 is 16.9 Å². The molecule has 0 aliphatic carbocycles. The van der Waals surface area contributed by atoms with Gasteiger partial charge in [-0.15, -0.1) is 0 Å². The van der Waals surface area contributed by atoms with Crippen LogP contribution in [-0.4, -0.2) is 29.3 Å². The Hall–Kier alpha value is -1.81. The van der Waals surface area contributed by atoms with E-state index in [-0.39, 0.29) is 0 Å². The lowest BCUT2D eigenvalue weighted by Crippen LogP contribution is -2.17. The van der Waals surface area contributed by atoms with Gasteiger partial charge in [0.1, 0.15) is 0 Å². The van der Waals surface area contributed by atoms with Crippen molar-refractivity contribution in [2.24, 2.45) is 5.92 Å². The fourth-order valence-electron chi connectivity index (χ4n) is 2.75. The van der Waals surface area contributed by atoms with Crippen LogP contribution in [0.25, 0.3) is 10.9 Å². The molecule has 0 amide bonds. The van der Waals surface area contributed by atoms with E-state index in [9.17, 15) is 4.79 Å². The number of carbonyl (C=O) groups is 1. The highest BCUT2D eigenvalue weighted by molar-refractivity contribution is 5.94. The van der Waals surface area contributed by atoms with Gasteiger partial charge in [-0.25, -0.2) is 4.79 Å². The number of hydrogen-bond acceptors (Lipinski definition) is 2. The molecule has 0 radical (unpaired) electrons. The minimum atomic E-state index is -0.887. The second-order valence-corrected chi connectivity index (χ2v) is 5.14. The monoisotopic (exact) mass is 259 g/mol. The normalized spacial score (nSPS) is 16.8. The van der Waals surface area contributed by atoms with Crippen LogP contribution < -0.4 is 0 Å². The van der Waals surface area contributed by atoms with Crippen LogP contribution in [0.5, 0.6) is 0 Å². The molecule has 100 valence electrons. The van der Waals surface area contributed by atoms with Crippen molar-refractivity contribution in [1.82, 2.24) is 4.98 Å². The standard InChI is InChI=1S/C15H17NO3/c17-15(18)11-1-2-13-12(9-16-14(13)8-11)7-10-3-5-19-6-4-10/h1-2,8-10,16H,3-7H2,(H,17,18). The summed E-state index contributed by atoms with van der Waals surface area (Å²) in [4.78, 5) is 14.1. The third-order valence-electron chi connectivity index (χ3n) is 3.86. The average Bonchev–Trinajstić information content (AvgIpc) is 2.82. The highest BCUT2D eigenvalue weighted by Gasteiger charge is 2.16. The maximum Gasteiger partial charge on any atom is 0.335 e. The zero-order chi connectivity index (χ0) is 13.2. The molecular weight excluding hydrogens is 242 g/mol. The molecular formula is C15H17NO3. The van der Waals surface area contributed by atoms with Crippen molar-refractivity contribution in [3.63, 3.8) is 0 Å². The Kier molecular flexibility index (Phi) is 3.25. The van der Waals surface area contributed by atoms with E-state index in [0.29, 0.717) is 11.5 Å². The smallest absolute Gasteiger partial charge is 0.335 e. The fourth-order valence-corrected chi connectivity index (χ4v) is 2.75. The van der Waals surface area contributed by atoms with Crippen LogP contribution >= 0.6 is 0 Å². The molecule has 4 heteroatoms. The number of aromatic carboxylic acids is 1. The number of H-pyrrole nitrogens is 1. The summed E-state index contributed by atoms with van der Waals surface area (Å²) in [6, 6.07) is 5.28. The lowest BCUT2D eigenvalue weighted by molar-refractivity contribution is 0.0666. The van der Waals surface area contributed by atoms with Gasteiger partial charge < -0.3 is 14.8 Å². The topological polar surface area (TPSA) is 62.3 Å². The number of carboxylic acids is 1. The maximum absolute atomic E-state index is 10.9. The molecule has 0 atom stereocenters. The van der Waals surface area contributed by atoms with Crippen LogP contribution in [0.15, 0.2) is 24.4 Å². The van der Waals surface area contributed by atoms with Gasteiger partial charge in [-0.3, -0.25) is 0 Å². The van der Waals surface area contributed by atoms with Crippen molar-refractivity contribution < 1.29 is 14.6 Å². The zero-order valence-electron chi connectivity index (χ0n) is 10.7. The third-order valence-corrected chi connectivity index (χ3v) is 3.86. The van der Waals surface area contributed by atoms with Crippen LogP contribution in [0.2, 0.25) is 0 Å². The Balaban J connectivity index is 1.86. The Morgan fingerprint density at radius 2 is 2.16 bits per heavy atom. The van der Waals surface area contributed by atoms with Crippen molar-refractivity contribution in [1.29, 1.82) is 0 Å². The first-order valence-corrected chi connectivity index (χ1v) is 6.65. The average molecular weight is 259 g/mol. The Bertz CT molecular complexity index is 596. The summed E-state index contributed by atoms with van der Waals surface area (Å²) in [5.74, 6) is -0.214. The van der Waals surface area contributed by atoms with Gasteiger partial charge in [0.05, 0.1) is 5.56 Å². The Morgan fingerprint density at radius 1 is 1.37 bits per heavy atom. The highest BCUT2D eigenvalue weighted by atomic mass is 16.5. The quantitative estimate of drug-likeness (QED) is 0.891. The van der Waals surface area contributed by atoms with E-state index < -0.39 is 5.97 Å². The molecule has 0 bridgehead atoms. The van der Waals surface area contributed by atoms with Crippen LogP contribution in [0.3, 0.4) is 0 Å². The van der Waals surface area contributed by atoms with Crippen LogP contribution in [0.4, 0.5) is 0 Å². The fraction of sp³-hybridized carbons (Fsp3) is 0.400. The van der Waals surface area contributed by atoms with Gasteiger partial charge in [0.25, 0.3) is 0 Å². The van der Waals surface area contributed by atoms with E-state index in [1.807, 2.05) is 12.3 Å². The van der Waals surface area contributed by atoms with Crippen LogP contribution in [-0.2, 0) is 11.2 Å². The Morgan fingerprint density at radius 3 is 2.89 bits per heavy atom. The van der Waals surface area contributed by atoms with E-state index in [1.54, 1.807) is 12.1 Å². The summed E-state index contributed by atoms with van der Waals surface area (Å²) in [5.41, 5.74) is 2.51. The lowest BCUT2D eigenvalue weighted by Gasteiger charge is -2.21. The maximum atomic E-state index is 10.9. The number of aromatic amines is 1. The van der Waals surface area contributed by atoms with Gasteiger partial charge in [-0.2, -0.15) is 0 Å². The second kappa shape index (κ2) is 5.05. The molecule has 0 spiro atoms. The van der Waals surface area contributed by atoms with Gasteiger partial charge in [-0.1, -0.05) is 6.07 Å². The van der Waals surface area contributed by atoms with Gasteiger partial charge in [0.2, 0.25) is 0 Å². The first-order valence-electron chi connectivity index (χ1n) is 6.65. The molecule has 1 aliphatic rings. The number of rotatable bonds is 3. The predicted molar refractivity (Wildman–Crippen MR) is 72.5 cm³/mol. The highest BCUT2D eigenvalue weighted by Crippen LogP contribution is 2.26. The summed E-state index contributed by atoms with van der Waals surface area (Å²) in [5, 5.41) is 10.1. The molecule has 19 heavy (non-hydrogen) atoms. The number of hydrogen-bond donors (Lipinski definition) is 2. The number of aromatic nitrogens is 1. The molecule has 1 aromatic heterocycles. The molecule has 2 aromatic rings. The van der Waals surface area contributed by atoms with Crippen molar-refractivity contribution in [3.05, 3.63) is 35.5 Å². The first-order chi connectivity index (χ1) is 9.24. The lowest BCUT2D eigenvalue weighted by atomic mass is 9.92. The molecule has 2 N–H and O–H groups in total. The van der Waals surface area contributed by atoms with Gasteiger partial charge in [-0.05, 0) is 42.9 Å². The number of nitrogens with one attached hydrogen (secondary N) is 1. The molecule has 1 saturated heterocycles. The van der Waals surface area contributed by atoms with E-state index in [2.05, 4.69) is 4.98 Å². The summed E-state index contributed by atoms with van der Waals surface area (Å²) >= 11 is 0. The molecule has 0 unspecified atom stereocenters. The third kappa shape index (κ3) is 2.49. The molecule has 4 nitrogen and oxygen atoms in total. The summed E-state index contributed by atoms with van der Waals surface area (Å²) < 4.78 is 5.38. The number of carboxylic acid groups (broad SMARTS) is 1. The minimum Gasteiger partial charge on any atom is -0.478 e. The van der Waals surface area contributed by atoms with Crippen LogP contribution in [0.1, 0.15) is 28.8 Å². The molecule has 0 saturated carbocycles. The molecule has 2 heterocycles. The first kappa shape index (κ1) is 12.2. The van der Waals surface area contributed by atoms with E-state index in [1.165, 1.54) is 5.56 Å².